The minimum atomic E-state index is -0.418. The van der Waals surface area contributed by atoms with E-state index >= 15 is 0 Å². The highest BCUT2D eigenvalue weighted by atomic mass is 32.2. The number of thioether (sulfide) groups is 1. The molecule has 1 aliphatic rings. The highest BCUT2D eigenvalue weighted by Crippen LogP contribution is 2.43. The van der Waals surface area contributed by atoms with Crippen LogP contribution in [0.25, 0.3) is 0 Å². The first-order valence-electron chi connectivity index (χ1n) is 6.11. The molecule has 0 aromatic heterocycles. The highest BCUT2D eigenvalue weighted by molar-refractivity contribution is 8.01. The lowest BCUT2D eigenvalue weighted by atomic mass is 10.0. The summed E-state index contributed by atoms with van der Waals surface area (Å²) in [6.45, 7) is 0. The second-order valence-corrected chi connectivity index (χ2v) is 5.98. The van der Waals surface area contributed by atoms with E-state index in [1.54, 1.807) is 12.1 Å². The molecule has 1 saturated carbocycles. The molecule has 3 heteroatoms. The van der Waals surface area contributed by atoms with E-state index in [1.807, 2.05) is 6.07 Å². The van der Waals surface area contributed by atoms with Crippen molar-refractivity contribution in [2.24, 2.45) is 0 Å². The fourth-order valence-corrected chi connectivity index (χ4v) is 3.55. The molecule has 0 N–H and O–H groups in total. The molecule has 90 valence electrons. The lowest BCUT2D eigenvalue weighted by molar-refractivity contribution is 0.591. The van der Waals surface area contributed by atoms with Crippen molar-refractivity contribution in [2.75, 3.05) is 0 Å². The molecule has 1 nitrogen and oxygen atoms in total. The van der Waals surface area contributed by atoms with Crippen LogP contribution in [0, 0.1) is 17.1 Å². The van der Waals surface area contributed by atoms with E-state index in [4.69, 9.17) is 0 Å². The van der Waals surface area contributed by atoms with Crippen LogP contribution in [0.1, 0.15) is 38.5 Å². The van der Waals surface area contributed by atoms with Gasteiger partial charge in [0.15, 0.2) is 0 Å². The summed E-state index contributed by atoms with van der Waals surface area (Å²) in [6, 6.07) is 9.17. The highest BCUT2D eigenvalue weighted by Gasteiger charge is 2.32. The first-order valence-corrected chi connectivity index (χ1v) is 6.92. The van der Waals surface area contributed by atoms with Crippen LogP contribution in [0.3, 0.4) is 0 Å². The standard InChI is InChI=1S/C14H16FNS/c15-12-7-3-4-8-13(12)17-14(11-16)9-5-1-2-6-10-14/h3-4,7-8H,1-2,5-6,9-10H2. The van der Waals surface area contributed by atoms with Crippen LogP contribution in [0.4, 0.5) is 4.39 Å². The number of hydrogen-bond donors (Lipinski definition) is 0. The molecule has 1 aliphatic carbocycles. The molecular formula is C14H16FNS. The summed E-state index contributed by atoms with van der Waals surface area (Å²) in [5, 5.41) is 9.43. The van der Waals surface area contributed by atoms with Crippen molar-refractivity contribution in [3.8, 4) is 6.07 Å². The van der Waals surface area contributed by atoms with E-state index in [2.05, 4.69) is 6.07 Å². The van der Waals surface area contributed by atoms with Gasteiger partial charge >= 0.3 is 0 Å². The summed E-state index contributed by atoms with van der Waals surface area (Å²) in [4.78, 5) is 0.607. The summed E-state index contributed by atoms with van der Waals surface area (Å²) in [5.41, 5.74) is 0. The van der Waals surface area contributed by atoms with Crippen molar-refractivity contribution in [3.05, 3.63) is 30.1 Å². The van der Waals surface area contributed by atoms with Gasteiger partial charge in [-0.05, 0) is 25.0 Å². The third-order valence-corrected chi connectivity index (χ3v) is 4.70. The van der Waals surface area contributed by atoms with Crippen LogP contribution < -0.4 is 0 Å². The van der Waals surface area contributed by atoms with Crippen LogP contribution in [0.2, 0.25) is 0 Å². The zero-order valence-corrected chi connectivity index (χ0v) is 10.6. The van der Waals surface area contributed by atoms with E-state index in [0.29, 0.717) is 4.90 Å². The summed E-state index contributed by atoms with van der Waals surface area (Å²) >= 11 is 1.42. The van der Waals surface area contributed by atoms with E-state index in [9.17, 15) is 9.65 Å². The quantitative estimate of drug-likeness (QED) is 0.719. The molecule has 2 rings (SSSR count). The molecule has 1 aromatic carbocycles. The number of benzene rings is 1. The largest absolute Gasteiger partial charge is 0.206 e. The summed E-state index contributed by atoms with van der Waals surface area (Å²) in [6.07, 6.45) is 6.30. The number of rotatable bonds is 2. The molecule has 1 fully saturated rings. The summed E-state index contributed by atoms with van der Waals surface area (Å²) < 4.78 is 13.2. The van der Waals surface area contributed by atoms with Crippen LogP contribution in [-0.2, 0) is 0 Å². The fraction of sp³-hybridized carbons (Fsp3) is 0.500. The maximum atomic E-state index is 13.6. The second kappa shape index (κ2) is 5.55. The van der Waals surface area contributed by atoms with Gasteiger partial charge in [-0.1, -0.05) is 37.8 Å². The molecule has 1 aromatic rings. The molecule has 0 atom stereocenters. The minimum Gasteiger partial charge on any atom is -0.206 e. The fourth-order valence-electron chi connectivity index (χ4n) is 2.27. The molecule has 0 saturated heterocycles. The van der Waals surface area contributed by atoms with E-state index < -0.39 is 4.75 Å². The van der Waals surface area contributed by atoms with Gasteiger partial charge < -0.3 is 0 Å². The lowest BCUT2D eigenvalue weighted by Gasteiger charge is -2.24. The number of hydrogen-bond acceptors (Lipinski definition) is 2. The molecule has 0 unspecified atom stereocenters. The van der Waals surface area contributed by atoms with Gasteiger partial charge in [-0.2, -0.15) is 5.26 Å². The smallest absolute Gasteiger partial charge is 0.136 e. The Morgan fingerprint density at radius 3 is 2.35 bits per heavy atom. The van der Waals surface area contributed by atoms with Crippen LogP contribution >= 0.6 is 11.8 Å². The molecule has 0 heterocycles. The van der Waals surface area contributed by atoms with Crippen molar-refractivity contribution < 1.29 is 4.39 Å². The van der Waals surface area contributed by atoms with E-state index in [1.165, 1.54) is 30.7 Å². The Morgan fingerprint density at radius 2 is 1.76 bits per heavy atom. The van der Waals surface area contributed by atoms with Crippen molar-refractivity contribution in [1.29, 1.82) is 5.26 Å². The average molecular weight is 249 g/mol. The Morgan fingerprint density at radius 1 is 1.12 bits per heavy atom. The Labute approximate surface area is 106 Å². The predicted octanol–water partition coefficient (Wildman–Crippen LogP) is 4.53. The first-order chi connectivity index (χ1) is 8.26. The van der Waals surface area contributed by atoms with Crippen LogP contribution in [0.15, 0.2) is 29.2 Å². The van der Waals surface area contributed by atoms with Gasteiger partial charge in [-0.25, -0.2) is 4.39 Å². The molecule has 0 bridgehead atoms. The zero-order chi connectivity index (χ0) is 12.1. The number of nitriles is 1. The normalized spacial score (nSPS) is 19.3. The maximum absolute atomic E-state index is 13.6. The second-order valence-electron chi connectivity index (χ2n) is 4.55. The van der Waals surface area contributed by atoms with Gasteiger partial charge in [-0.15, -0.1) is 11.8 Å². The van der Waals surface area contributed by atoms with Gasteiger partial charge in [0.2, 0.25) is 0 Å². The molecule has 0 amide bonds. The summed E-state index contributed by atoms with van der Waals surface area (Å²) in [5.74, 6) is -0.212. The van der Waals surface area contributed by atoms with E-state index in [0.717, 1.165) is 25.7 Å². The molecule has 0 radical (unpaired) electrons. The third-order valence-electron chi connectivity index (χ3n) is 3.26. The molecule has 17 heavy (non-hydrogen) atoms. The van der Waals surface area contributed by atoms with Gasteiger partial charge in [-0.3, -0.25) is 0 Å². The van der Waals surface area contributed by atoms with Crippen LogP contribution in [0.5, 0.6) is 0 Å². The van der Waals surface area contributed by atoms with Crippen molar-refractivity contribution in [2.45, 2.75) is 48.2 Å². The Kier molecular flexibility index (Phi) is 4.06. The SMILES string of the molecule is N#CC1(Sc2ccccc2F)CCCCCC1. The Hall–Kier alpha value is -1.01. The molecule has 0 aliphatic heterocycles. The topological polar surface area (TPSA) is 23.8 Å². The Bertz CT molecular complexity index is 416. The van der Waals surface area contributed by atoms with Crippen molar-refractivity contribution in [1.82, 2.24) is 0 Å². The third kappa shape index (κ3) is 3.01. The first kappa shape index (κ1) is 12.4. The van der Waals surface area contributed by atoms with Crippen molar-refractivity contribution >= 4 is 11.8 Å². The van der Waals surface area contributed by atoms with Gasteiger partial charge in [0.25, 0.3) is 0 Å². The number of halogens is 1. The summed E-state index contributed by atoms with van der Waals surface area (Å²) in [7, 11) is 0. The van der Waals surface area contributed by atoms with Crippen molar-refractivity contribution in [3.63, 3.8) is 0 Å². The predicted molar refractivity (Wildman–Crippen MR) is 68.3 cm³/mol. The maximum Gasteiger partial charge on any atom is 0.136 e. The minimum absolute atomic E-state index is 0.212. The van der Waals surface area contributed by atoms with Gasteiger partial charge in [0.1, 0.15) is 10.6 Å². The average Bonchev–Trinajstić information content (AvgIpc) is 2.58. The van der Waals surface area contributed by atoms with Gasteiger partial charge in [0, 0.05) is 4.90 Å². The molecule has 0 spiro atoms. The number of nitrogens with zero attached hydrogens (tertiary/aromatic N) is 1. The zero-order valence-electron chi connectivity index (χ0n) is 9.79. The lowest BCUT2D eigenvalue weighted by Crippen LogP contribution is -2.21. The van der Waals surface area contributed by atoms with Gasteiger partial charge in [0.05, 0.1) is 6.07 Å². The molecular weight excluding hydrogens is 233 g/mol. The monoisotopic (exact) mass is 249 g/mol. The Balaban J connectivity index is 2.19. The van der Waals surface area contributed by atoms with Crippen LogP contribution in [-0.4, -0.2) is 4.75 Å². The van der Waals surface area contributed by atoms with E-state index in [-0.39, 0.29) is 5.82 Å².